The molecule has 0 bridgehead atoms. The number of benzene rings is 2. The highest BCUT2D eigenvalue weighted by Gasteiger charge is 2.55. The van der Waals surface area contributed by atoms with Crippen molar-refractivity contribution in [2.45, 2.75) is 19.8 Å². The van der Waals surface area contributed by atoms with Crippen LogP contribution in [0.15, 0.2) is 48.5 Å². The van der Waals surface area contributed by atoms with Crippen LogP contribution in [0.3, 0.4) is 0 Å². The smallest absolute Gasteiger partial charge is 0.406 e. The van der Waals surface area contributed by atoms with E-state index in [1.807, 2.05) is 0 Å². The maximum atomic E-state index is 12.3. The van der Waals surface area contributed by atoms with Crippen LogP contribution in [0, 0.1) is 24.7 Å². The van der Waals surface area contributed by atoms with Crippen LogP contribution in [0.1, 0.15) is 21.5 Å². The van der Waals surface area contributed by atoms with Crippen LogP contribution >= 0.6 is 0 Å². The summed E-state index contributed by atoms with van der Waals surface area (Å²) in [6, 6.07) is 13.7. The molecule has 1 saturated heterocycles. The Morgan fingerprint density at radius 1 is 1.14 bits per heavy atom. The third-order valence-corrected chi connectivity index (χ3v) is 5.76. The second-order valence-corrected chi connectivity index (χ2v) is 7.96. The van der Waals surface area contributed by atoms with Crippen LogP contribution in [0.5, 0.6) is 5.75 Å². The Morgan fingerprint density at radius 3 is 2.55 bits per heavy atom. The second kappa shape index (κ2) is 7.71. The van der Waals surface area contributed by atoms with E-state index in [4.69, 9.17) is 0 Å². The number of likely N-dealkylation sites (tertiary alicyclic amines) is 1. The van der Waals surface area contributed by atoms with Crippen molar-refractivity contribution in [1.82, 2.24) is 10.2 Å². The third-order valence-electron chi connectivity index (χ3n) is 5.76. The molecule has 2 unspecified atom stereocenters. The van der Waals surface area contributed by atoms with Crippen molar-refractivity contribution in [2.75, 3.05) is 19.6 Å². The predicted octanol–water partition coefficient (Wildman–Crippen LogP) is 4.00. The fourth-order valence-corrected chi connectivity index (χ4v) is 4.38. The molecule has 1 amide bonds. The van der Waals surface area contributed by atoms with Gasteiger partial charge in [-0.1, -0.05) is 35.9 Å². The predicted molar refractivity (Wildman–Crippen MR) is 102 cm³/mol. The molecule has 4 rings (SSSR count). The minimum Gasteiger partial charge on any atom is -0.406 e. The number of nitrogens with one attached hydrogen (secondary N) is 1. The van der Waals surface area contributed by atoms with Gasteiger partial charge in [-0.25, -0.2) is 0 Å². The second-order valence-electron chi connectivity index (χ2n) is 7.96. The minimum atomic E-state index is -4.77. The minimum absolute atomic E-state index is 0.165. The largest absolute Gasteiger partial charge is 0.573 e. The van der Waals surface area contributed by atoms with Gasteiger partial charge in [0.05, 0.1) is 0 Å². The van der Waals surface area contributed by atoms with Gasteiger partial charge in [0, 0.05) is 31.7 Å². The molecule has 0 spiro atoms. The van der Waals surface area contributed by atoms with E-state index in [1.165, 1.54) is 29.3 Å². The molecule has 0 aromatic heterocycles. The van der Waals surface area contributed by atoms with Crippen LogP contribution < -0.4 is 10.1 Å². The first-order valence-corrected chi connectivity index (χ1v) is 9.70. The summed E-state index contributed by atoms with van der Waals surface area (Å²) in [4.78, 5) is 14.7. The van der Waals surface area contributed by atoms with E-state index < -0.39 is 6.36 Å². The summed E-state index contributed by atoms with van der Waals surface area (Å²) in [5, 5.41) is 2.86. The van der Waals surface area contributed by atoms with Crippen molar-refractivity contribution < 1.29 is 22.7 Å². The lowest BCUT2D eigenvalue weighted by Crippen LogP contribution is -2.30. The van der Waals surface area contributed by atoms with Gasteiger partial charge in [0.15, 0.2) is 0 Å². The Morgan fingerprint density at radius 2 is 1.86 bits per heavy atom. The van der Waals surface area contributed by atoms with E-state index in [2.05, 4.69) is 46.1 Å². The van der Waals surface area contributed by atoms with Gasteiger partial charge in [-0.3, -0.25) is 9.69 Å². The number of amides is 1. The molecule has 4 nitrogen and oxygen atoms in total. The van der Waals surface area contributed by atoms with Gasteiger partial charge in [0.1, 0.15) is 5.75 Å². The number of piperidine rings is 1. The maximum Gasteiger partial charge on any atom is 0.573 e. The molecule has 0 radical (unpaired) electrons. The van der Waals surface area contributed by atoms with Crippen LogP contribution in [-0.2, 0) is 6.54 Å². The van der Waals surface area contributed by atoms with Gasteiger partial charge in [0.25, 0.3) is 5.91 Å². The average molecular weight is 404 g/mol. The number of alkyl halides is 3. The van der Waals surface area contributed by atoms with E-state index >= 15 is 0 Å². The monoisotopic (exact) mass is 404 g/mol. The van der Waals surface area contributed by atoms with Crippen molar-refractivity contribution in [3.63, 3.8) is 0 Å². The van der Waals surface area contributed by atoms with E-state index in [0.29, 0.717) is 24.3 Å². The molecule has 2 aromatic carbocycles. The molecule has 2 aromatic rings. The lowest BCUT2D eigenvalue weighted by atomic mass is 10.1. The summed E-state index contributed by atoms with van der Waals surface area (Å²) in [6.45, 7) is 5.63. The number of carbonyl (C=O) groups is 1. The molecule has 2 fully saturated rings. The number of carbonyl (C=O) groups excluding carboxylic acids is 1. The zero-order valence-corrected chi connectivity index (χ0v) is 16.1. The summed E-state index contributed by atoms with van der Waals surface area (Å²) >= 11 is 0. The van der Waals surface area contributed by atoms with Crippen LogP contribution in [0.2, 0.25) is 0 Å². The highest BCUT2D eigenvalue weighted by Crippen LogP contribution is 2.51. The van der Waals surface area contributed by atoms with Crippen molar-refractivity contribution in [1.29, 1.82) is 0 Å². The Labute approximate surface area is 167 Å². The number of ether oxygens (including phenoxy) is 1. The normalized spacial score (nSPS) is 23.5. The molecule has 29 heavy (non-hydrogen) atoms. The third kappa shape index (κ3) is 4.90. The Balaban J connectivity index is 1.24. The van der Waals surface area contributed by atoms with Gasteiger partial charge in [0.2, 0.25) is 0 Å². The first-order chi connectivity index (χ1) is 13.8. The van der Waals surface area contributed by atoms with E-state index in [9.17, 15) is 18.0 Å². The molecule has 1 N–H and O–H groups in total. The average Bonchev–Trinajstić information content (AvgIpc) is 3.10. The molecule has 1 aliphatic carbocycles. The van der Waals surface area contributed by atoms with Crippen molar-refractivity contribution >= 4 is 5.91 Å². The van der Waals surface area contributed by atoms with E-state index in [1.54, 1.807) is 0 Å². The number of hydrogen-bond acceptors (Lipinski definition) is 3. The van der Waals surface area contributed by atoms with Crippen LogP contribution in [0.25, 0.3) is 0 Å². The van der Waals surface area contributed by atoms with Gasteiger partial charge in [-0.15, -0.1) is 13.2 Å². The molecule has 1 aliphatic heterocycles. The summed E-state index contributed by atoms with van der Waals surface area (Å²) in [7, 11) is 0. The number of rotatable bonds is 6. The molecule has 2 aliphatic rings. The van der Waals surface area contributed by atoms with Gasteiger partial charge in [-0.05, 0) is 48.4 Å². The molecular weight excluding hydrogens is 381 g/mol. The van der Waals surface area contributed by atoms with Crippen molar-refractivity contribution in [3.8, 4) is 5.75 Å². The highest BCUT2D eigenvalue weighted by molar-refractivity contribution is 5.94. The fraction of sp³-hybridized carbons (Fsp3) is 0.409. The maximum absolute atomic E-state index is 12.3. The lowest BCUT2D eigenvalue weighted by molar-refractivity contribution is -0.274. The van der Waals surface area contributed by atoms with Gasteiger partial charge >= 0.3 is 6.36 Å². The molecular formula is C22H23F3N2O2. The zero-order chi connectivity index (χ0) is 20.6. The van der Waals surface area contributed by atoms with Crippen molar-refractivity contribution in [3.05, 3.63) is 65.2 Å². The summed E-state index contributed by atoms with van der Waals surface area (Å²) in [6.07, 6.45) is -4.77. The highest BCUT2D eigenvalue weighted by atomic mass is 19.4. The van der Waals surface area contributed by atoms with Crippen molar-refractivity contribution in [2.24, 2.45) is 17.8 Å². The van der Waals surface area contributed by atoms with E-state index in [-0.39, 0.29) is 17.2 Å². The van der Waals surface area contributed by atoms with Gasteiger partial charge < -0.3 is 10.1 Å². The summed E-state index contributed by atoms with van der Waals surface area (Å²) < 4.78 is 40.9. The first kappa shape index (κ1) is 19.8. The lowest BCUT2D eigenvalue weighted by Gasteiger charge is -2.20. The topological polar surface area (TPSA) is 41.6 Å². The van der Waals surface area contributed by atoms with Crippen LogP contribution in [-0.4, -0.2) is 36.8 Å². The summed E-state index contributed by atoms with van der Waals surface area (Å²) in [5.74, 6) is 0.849. The Kier molecular flexibility index (Phi) is 5.25. The number of aryl methyl sites for hydroxylation is 1. The first-order valence-electron chi connectivity index (χ1n) is 9.70. The van der Waals surface area contributed by atoms with Gasteiger partial charge in [-0.2, -0.15) is 0 Å². The molecule has 154 valence electrons. The number of halogens is 3. The Hall–Kier alpha value is -2.54. The van der Waals surface area contributed by atoms with E-state index in [0.717, 1.165) is 25.7 Å². The molecule has 7 heteroatoms. The quantitative estimate of drug-likeness (QED) is 0.791. The molecule has 2 atom stereocenters. The fourth-order valence-electron chi connectivity index (χ4n) is 4.38. The molecule has 1 heterocycles. The summed E-state index contributed by atoms with van der Waals surface area (Å²) in [5.41, 5.74) is 2.74. The number of hydrogen-bond donors (Lipinski definition) is 1. The zero-order valence-electron chi connectivity index (χ0n) is 16.1. The standard InChI is InChI=1S/C22H23F3N2O2/c1-14-4-2-5-15(8-14)11-27-12-19-18(20(19)13-27)10-26-21(28)16-6-3-7-17(9-16)29-22(23,24)25/h2-9,18-20H,10-13H2,1H3,(H,26,28). The number of nitrogens with zero attached hydrogens (tertiary/aromatic N) is 1. The SMILES string of the molecule is Cc1cccc(CN2CC3C(CNC(=O)c4cccc(OC(F)(F)F)c4)C3C2)c1. The van der Waals surface area contributed by atoms with Crippen LogP contribution in [0.4, 0.5) is 13.2 Å². The Bertz CT molecular complexity index is 888. The number of fused-ring (bicyclic) bond motifs is 1. The molecule has 1 saturated carbocycles.